The van der Waals surface area contributed by atoms with Crippen molar-refractivity contribution in [1.29, 1.82) is 0 Å². The van der Waals surface area contributed by atoms with Gasteiger partial charge in [0.2, 0.25) is 12.7 Å². The van der Waals surface area contributed by atoms with E-state index in [1.807, 2.05) is 18.7 Å². The average molecular weight is 515 g/mol. The van der Waals surface area contributed by atoms with Gasteiger partial charge in [-0.2, -0.15) is 0 Å². The molecule has 1 atom stereocenters. The Morgan fingerprint density at radius 3 is 2.47 bits per heavy atom. The van der Waals surface area contributed by atoms with Crippen LogP contribution >= 0.6 is 12.2 Å². The molecule has 1 saturated heterocycles. The molecule has 1 fully saturated rings. The number of hydrogen-bond donors (Lipinski definition) is 3. The molecule has 192 valence electrons. The molecule has 0 spiro atoms. The fourth-order valence-electron chi connectivity index (χ4n) is 4.25. The van der Waals surface area contributed by atoms with Gasteiger partial charge in [0.05, 0.1) is 0 Å². The lowest BCUT2D eigenvalue weighted by atomic mass is 9.88. The van der Waals surface area contributed by atoms with E-state index >= 15 is 0 Å². The van der Waals surface area contributed by atoms with E-state index in [0.717, 1.165) is 0 Å². The van der Waals surface area contributed by atoms with Crippen LogP contribution in [0, 0.1) is 17.7 Å². The smallest absolute Gasteiger partial charge is 0.252 e. The Morgan fingerprint density at radius 1 is 1.08 bits per heavy atom. The van der Waals surface area contributed by atoms with Crippen molar-refractivity contribution in [3.8, 4) is 11.5 Å². The Bertz CT molecular complexity index is 1100. The predicted molar refractivity (Wildman–Crippen MR) is 139 cm³/mol. The topological polar surface area (TPSA) is 91.9 Å². The number of hydrogen-bond acceptors (Lipinski definition) is 5. The van der Waals surface area contributed by atoms with Gasteiger partial charge in [-0.05, 0) is 79.4 Å². The number of carbonyl (C=O) groups excluding carboxylic acids is 2. The molecule has 0 saturated carbocycles. The zero-order chi connectivity index (χ0) is 25.7. The molecule has 4 rings (SSSR count). The molecular formula is C26H31FN4O4S. The number of benzene rings is 2. The van der Waals surface area contributed by atoms with Crippen LogP contribution in [-0.4, -0.2) is 54.3 Å². The first-order valence-electron chi connectivity index (χ1n) is 12.1. The fraction of sp³-hybridized carbons (Fsp3) is 0.423. The Balaban J connectivity index is 1.40. The van der Waals surface area contributed by atoms with Gasteiger partial charge in [0, 0.05) is 30.9 Å². The Morgan fingerprint density at radius 2 is 1.78 bits per heavy atom. The molecule has 2 aromatic carbocycles. The zero-order valence-electron chi connectivity index (χ0n) is 20.4. The number of carbonyl (C=O) groups is 2. The van der Waals surface area contributed by atoms with E-state index in [1.165, 1.54) is 12.1 Å². The fourth-order valence-corrected chi connectivity index (χ4v) is 4.55. The average Bonchev–Trinajstić information content (AvgIpc) is 3.35. The van der Waals surface area contributed by atoms with Crippen LogP contribution < -0.4 is 25.4 Å². The minimum absolute atomic E-state index is 0.0556. The molecule has 3 N–H and O–H groups in total. The van der Waals surface area contributed by atoms with Crippen molar-refractivity contribution in [3.63, 3.8) is 0 Å². The van der Waals surface area contributed by atoms with Crippen molar-refractivity contribution < 1.29 is 23.5 Å². The highest BCUT2D eigenvalue weighted by atomic mass is 32.1. The van der Waals surface area contributed by atoms with Crippen LogP contribution in [0.2, 0.25) is 0 Å². The minimum atomic E-state index is -0.678. The van der Waals surface area contributed by atoms with Gasteiger partial charge in [0.15, 0.2) is 16.6 Å². The molecule has 0 aromatic heterocycles. The second-order valence-corrected chi connectivity index (χ2v) is 9.81. The number of amides is 2. The van der Waals surface area contributed by atoms with Crippen molar-refractivity contribution in [2.24, 2.45) is 11.8 Å². The first-order chi connectivity index (χ1) is 17.3. The maximum Gasteiger partial charge on any atom is 0.252 e. The second kappa shape index (κ2) is 11.6. The number of piperidine rings is 1. The molecule has 2 aromatic rings. The van der Waals surface area contributed by atoms with Gasteiger partial charge in [0.1, 0.15) is 11.9 Å². The Kier molecular flexibility index (Phi) is 8.25. The Labute approximate surface area is 215 Å². The Hall–Kier alpha value is -3.40. The van der Waals surface area contributed by atoms with Crippen LogP contribution in [0.1, 0.15) is 37.0 Å². The summed E-state index contributed by atoms with van der Waals surface area (Å²) in [6.45, 7) is 5.95. The summed E-state index contributed by atoms with van der Waals surface area (Å²) in [5.41, 5.74) is 1.12. The van der Waals surface area contributed by atoms with Crippen LogP contribution in [0.15, 0.2) is 42.5 Å². The number of likely N-dealkylation sites (tertiary alicyclic amines) is 1. The number of anilines is 1. The maximum atomic E-state index is 13.2. The van der Waals surface area contributed by atoms with Crippen molar-refractivity contribution in [1.82, 2.24) is 15.5 Å². The molecule has 2 amide bonds. The predicted octanol–water partition coefficient (Wildman–Crippen LogP) is 3.53. The van der Waals surface area contributed by atoms with E-state index < -0.39 is 6.04 Å². The summed E-state index contributed by atoms with van der Waals surface area (Å²) in [6, 6.07) is 10.3. The van der Waals surface area contributed by atoms with Crippen molar-refractivity contribution in [3.05, 3.63) is 53.8 Å². The van der Waals surface area contributed by atoms with Gasteiger partial charge < -0.3 is 30.3 Å². The third-order valence-electron chi connectivity index (χ3n) is 6.28. The number of halogens is 1. The molecule has 2 heterocycles. The van der Waals surface area contributed by atoms with Crippen molar-refractivity contribution in [2.45, 2.75) is 32.7 Å². The van der Waals surface area contributed by atoms with E-state index in [9.17, 15) is 14.0 Å². The number of nitrogens with one attached hydrogen (secondary N) is 3. The van der Waals surface area contributed by atoms with Crippen LogP contribution in [-0.2, 0) is 4.79 Å². The molecule has 36 heavy (non-hydrogen) atoms. The molecule has 8 nitrogen and oxygen atoms in total. The molecule has 2 aliphatic heterocycles. The number of rotatable bonds is 7. The third kappa shape index (κ3) is 6.42. The summed E-state index contributed by atoms with van der Waals surface area (Å²) in [4.78, 5) is 28.2. The van der Waals surface area contributed by atoms with E-state index in [4.69, 9.17) is 21.7 Å². The van der Waals surface area contributed by atoms with Gasteiger partial charge in [-0.3, -0.25) is 9.59 Å². The first-order valence-corrected chi connectivity index (χ1v) is 12.5. The van der Waals surface area contributed by atoms with Crippen LogP contribution in [0.25, 0.3) is 0 Å². The lowest BCUT2D eigenvalue weighted by molar-refractivity contribution is -0.124. The number of ether oxygens (including phenoxy) is 2. The summed E-state index contributed by atoms with van der Waals surface area (Å²) >= 11 is 5.54. The quantitative estimate of drug-likeness (QED) is 0.487. The van der Waals surface area contributed by atoms with Crippen LogP contribution in [0.5, 0.6) is 11.5 Å². The lowest BCUT2D eigenvalue weighted by Crippen LogP contribution is -2.54. The number of thiocarbonyl (C=S) groups is 1. The molecule has 0 unspecified atom stereocenters. The molecular weight excluding hydrogens is 483 g/mol. The van der Waals surface area contributed by atoms with Crippen LogP contribution in [0.4, 0.5) is 10.1 Å². The molecule has 0 aliphatic carbocycles. The normalized spacial score (nSPS) is 15.9. The minimum Gasteiger partial charge on any atom is -0.454 e. The molecule has 0 bridgehead atoms. The van der Waals surface area contributed by atoms with Crippen molar-refractivity contribution >= 4 is 34.8 Å². The van der Waals surface area contributed by atoms with Crippen molar-refractivity contribution in [2.75, 3.05) is 31.7 Å². The zero-order valence-corrected chi connectivity index (χ0v) is 21.2. The summed E-state index contributed by atoms with van der Waals surface area (Å²) in [7, 11) is 0. The monoisotopic (exact) mass is 514 g/mol. The van der Waals surface area contributed by atoms with Crippen LogP contribution in [0.3, 0.4) is 0 Å². The van der Waals surface area contributed by atoms with E-state index in [0.29, 0.717) is 60.3 Å². The SMILES string of the molecule is CC(C)CNC(=O)[C@H](NC(=O)c1ccc2c(c1)OCO2)C1CCN(C(=S)Nc2ccc(F)cc2)CC1. The largest absolute Gasteiger partial charge is 0.454 e. The van der Waals surface area contributed by atoms with Gasteiger partial charge in [-0.25, -0.2) is 4.39 Å². The second-order valence-electron chi connectivity index (χ2n) is 9.42. The van der Waals surface area contributed by atoms with E-state index in [1.54, 1.807) is 30.3 Å². The summed E-state index contributed by atoms with van der Waals surface area (Å²) in [6.07, 6.45) is 1.35. The highest BCUT2D eigenvalue weighted by molar-refractivity contribution is 7.80. The van der Waals surface area contributed by atoms with E-state index in [-0.39, 0.29) is 36.3 Å². The van der Waals surface area contributed by atoms with E-state index in [2.05, 4.69) is 16.0 Å². The molecule has 0 radical (unpaired) electrons. The van der Waals surface area contributed by atoms with Gasteiger partial charge in [-0.15, -0.1) is 0 Å². The molecule has 2 aliphatic rings. The van der Waals surface area contributed by atoms with Gasteiger partial charge in [0.25, 0.3) is 5.91 Å². The third-order valence-corrected chi connectivity index (χ3v) is 6.64. The summed E-state index contributed by atoms with van der Waals surface area (Å²) in [5, 5.41) is 9.60. The number of fused-ring (bicyclic) bond motifs is 1. The maximum absolute atomic E-state index is 13.2. The molecule has 10 heteroatoms. The number of nitrogens with zero attached hydrogens (tertiary/aromatic N) is 1. The van der Waals surface area contributed by atoms with Gasteiger partial charge >= 0.3 is 0 Å². The highest BCUT2D eigenvalue weighted by Gasteiger charge is 2.33. The summed E-state index contributed by atoms with van der Waals surface area (Å²) in [5.74, 6) is 0.499. The van der Waals surface area contributed by atoms with Gasteiger partial charge in [-0.1, -0.05) is 13.8 Å². The highest BCUT2D eigenvalue weighted by Crippen LogP contribution is 2.32. The summed E-state index contributed by atoms with van der Waals surface area (Å²) < 4.78 is 23.9. The lowest BCUT2D eigenvalue weighted by Gasteiger charge is -2.37. The first kappa shape index (κ1) is 25.7. The standard InChI is InChI=1S/C26H31FN4O4S/c1-16(2)14-28-25(33)23(30-24(32)18-3-8-21-22(13-18)35-15-34-21)17-9-11-31(12-10-17)26(36)29-20-6-4-19(27)5-7-20/h3-8,13,16-17,23H,9-12,14-15H2,1-2H3,(H,28,33)(H,29,36)(H,30,32)/t23-/m1/s1.